The Morgan fingerprint density at radius 1 is 0.714 bits per heavy atom. The summed E-state index contributed by atoms with van der Waals surface area (Å²) in [5.74, 6) is 1.00. The Balaban J connectivity index is 1.87. The van der Waals surface area contributed by atoms with Crippen molar-refractivity contribution in [1.29, 1.82) is 0 Å². The van der Waals surface area contributed by atoms with E-state index in [0.717, 1.165) is 12.8 Å². The summed E-state index contributed by atoms with van der Waals surface area (Å²) in [6.07, 6.45) is 7.95. The molecule has 0 N–H and O–H groups in total. The standard InChI is InChI=1S/C19H34O2/c1-17(2,3)13-12-14(18(4,5)6)16-15(13)20-19(21-16)10-8-7-9-11-19/h13-16H,7-12H2,1-6H3. The van der Waals surface area contributed by atoms with Crippen LogP contribution in [-0.4, -0.2) is 18.0 Å². The molecule has 2 nitrogen and oxygen atoms in total. The molecular formula is C19H34O2. The van der Waals surface area contributed by atoms with Gasteiger partial charge in [-0.15, -0.1) is 0 Å². The first kappa shape index (κ1) is 15.8. The zero-order valence-corrected chi connectivity index (χ0v) is 14.9. The molecule has 0 aromatic rings. The SMILES string of the molecule is CC(C)(C)C1CC(C(C)(C)C)C2OC3(CCCCC3)OC21. The summed E-state index contributed by atoms with van der Waals surface area (Å²) in [5, 5.41) is 0. The van der Waals surface area contributed by atoms with Crippen LogP contribution in [0.25, 0.3) is 0 Å². The molecular weight excluding hydrogens is 260 g/mol. The lowest BCUT2D eigenvalue weighted by Crippen LogP contribution is -2.37. The maximum absolute atomic E-state index is 6.66. The Kier molecular flexibility index (Phi) is 3.73. The summed E-state index contributed by atoms with van der Waals surface area (Å²) in [5.41, 5.74) is 0.596. The molecule has 2 heteroatoms. The van der Waals surface area contributed by atoms with Gasteiger partial charge in [-0.25, -0.2) is 0 Å². The summed E-state index contributed by atoms with van der Waals surface area (Å²) in [4.78, 5) is 0. The van der Waals surface area contributed by atoms with Crippen LogP contribution in [0, 0.1) is 22.7 Å². The average molecular weight is 294 g/mol. The lowest BCUT2D eigenvalue weighted by molar-refractivity contribution is -0.212. The van der Waals surface area contributed by atoms with Crippen molar-refractivity contribution in [3.05, 3.63) is 0 Å². The van der Waals surface area contributed by atoms with Crippen molar-refractivity contribution in [1.82, 2.24) is 0 Å². The monoisotopic (exact) mass is 294 g/mol. The van der Waals surface area contributed by atoms with E-state index in [0.29, 0.717) is 34.9 Å². The van der Waals surface area contributed by atoms with Crippen molar-refractivity contribution in [2.75, 3.05) is 0 Å². The van der Waals surface area contributed by atoms with Gasteiger partial charge in [-0.2, -0.15) is 0 Å². The molecule has 21 heavy (non-hydrogen) atoms. The van der Waals surface area contributed by atoms with Crippen LogP contribution in [0.15, 0.2) is 0 Å². The highest BCUT2D eigenvalue weighted by Crippen LogP contribution is 2.57. The molecule has 3 fully saturated rings. The Morgan fingerprint density at radius 2 is 1.14 bits per heavy atom. The van der Waals surface area contributed by atoms with Gasteiger partial charge < -0.3 is 9.47 Å². The first-order chi connectivity index (χ1) is 9.62. The molecule has 4 atom stereocenters. The third-order valence-electron chi connectivity index (χ3n) is 6.17. The van der Waals surface area contributed by atoms with Gasteiger partial charge in [0, 0.05) is 12.8 Å². The van der Waals surface area contributed by atoms with E-state index in [9.17, 15) is 0 Å². The summed E-state index contributed by atoms with van der Waals surface area (Å²) in [6, 6.07) is 0. The van der Waals surface area contributed by atoms with E-state index in [4.69, 9.17) is 9.47 Å². The van der Waals surface area contributed by atoms with Crippen LogP contribution < -0.4 is 0 Å². The highest BCUT2D eigenvalue weighted by molar-refractivity contribution is 5.05. The Hall–Kier alpha value is -0.0800. The first-order valence-corrected chi connectivity index (χ1v) is 8.98. The molecule has 122 valence electrons. The lowest BCUT2D eigenvalue weighted by Gasteiger charge is -2.38. The third-order valence-corrected chi connectivity index (χ3v) is 6.17. The van der Waals surface area contributed by atoms with E-state index in [-0.39, 0.29) is 5.79 Å². The average Bonchev–Trinajstić information content (AvgIpc) is 2.82. The Labute approximate surface area is 131 Å². The van der Waals surface area contributed by atoms with Crippen molar-refractivity contribution in [3.8, 4) is 0 Å². The number of hydrogen-bond acceptors (Lipinski definition) is 2. The van der Waals surface area contributed by atoms with Gasteiger partial charge in [0.15, 0.2) is 5.79 Å². The predicted molar refractivity (Wildman–Crippen MR) is 86.1 cm³/mol. The highest BCUT2D eigenvalue weighted by atomic mass is 16.8. The minimum atomic E-state index is -0.235. The lowest BCUT2D eigenvalue weighted by atomic mass is 9.74. The van der Waals surface area contributed by atoms with Crippen LogP contribution in [0.5, 0.6) is 0 Å². The second-order valence-corrected chi connectivity index (χ2v) is 9.82. The van der Waals surface area contributed by atoms with Crippen molar-refractivity contribution in [3.63, 3.8) is 0 Å². The first-order valence-electron chi connectivity index (χ1n) is 8.98. The molecule has 4 unspecified atom stereocenters. The van der Waals surface area contributed by atoms with Gasteiger partial charge in [-0.05, 0) is 41.9 Å². The summed E-state index contributed by atoms with van der Waals surface area (Å²) < 4.78 is 13.3. The van der Waals surface area contributed by atoms with E-state index in [2.05, 4.69) is 41.5 Å². The van der Waals surface area contributed by atoms with E-state index >= 15 is 0 Å². The van der Waals surface area contributed by atoms with Crippen LogP contribution >= 0.6 is 0 Å². The molecule has 0 amide bonds. The van der Waals surface area contributed by atoms with Gasteiger partial charge in [-0.1, -0.05) is 48.0 Å². The minimum absolute atomic E-state index is 0.235. The summed E-state index contributed by atoms with van der Waals surface area (Å²) in [6.45, 7) is 14.2. The topological polar surface area (TPSA) is 18.5 Å². The molecule has 3 rings (SSSR count). The van der Waals surface area contributed by atoms with Gasteiger partial charge in [0.1, 0.15) is 0 Å². The number of rotatable bonds is 0. The van der Waals surface area contributed by atoms with Gasteiger partial charge in [-0.3, -0.25) is 0 Å². The molecule has 2 saturated carbocycles. The highest BCUT2D eigenvalue weighted by Gasteiger charge is 2.60. The van der Waals surface area contributed by atoms with Crippen molar-refractivity contribution in [2.24, 2.45) is 22.7 Å². The van der Waals surface area contributed by atoms with Gasteiger partial charge in [0.05, 0.1) is 12.2 Å². The smallest absolute Gasteiger partial charge is 0.169 e. The molecule has 2 aliphatic carbocycles. The van der Waals surface area contributed by atoms with Crippen LogP contribution in [0.3, 0.4) is 0 Å². The summed E-state index contributed by atoms with van der Waals surface area (Å²) >= 11 is 0. The molecule has 3 aliphatic rings. The molecule has 0 bridgehead atoms. The second kappa shape index (κ2) is 4.96. The maximum Gasteiger partial charge on any atom is 0.169 e. The maximum atomic E-state index is 6.66. The van der Waals surface area contributed by atoms with Crippen LogP contribution in [0.1, 0.15) is 80.1 Å². The number of ether oxygens (including phenoxy) is 2. The fourth-order valence-electron chi connectivity index (χ4n) is 4.84. The second-order valence-electron chi connectivity index (χ2n) is 9.82. The Morgan fingerprint density at radius 3 is 1.52 bits per heavy atom. The molecule has 1 aliphatic heterocycles. The van der Waals surface area contributed by atoms with E-state index in [1.165, 1.54) is 25.7 Å². The van der Waals surface area contributed by atoms with Crippen molar-refractivity contribution >= 4 is 0 Å². The van der Waals surface area contributed by atoms with Crippen LogP contribution in [-0.2, 0) is 9.47 Å². The van der Waals surface area contributed by atoms with Crippen molar-refractivity contribution in [2.45, 2.75) is 98.1 Å². The van der Waals surface area contributed by atoms with Gasteiger partial charge in [0.25, 0.3) is 0 Å². The van der Waals surface area contributed by atoms with Gasteiger partial charge in [0.2, 0.25) is 0 Å². The van der Waals surface area contributed by atoms with Crippen LogP contribution in [0.2, 0.25) is 0 Å². The fourth-order valence-corrected chi connectivity index (χ4v) is 4.84. The zero-order valence-electron chi connectivity index (χ0n) is 14.9. The summed E-state index contributed by atoms with van der Waals surface area (Å²) in [7, 11) is 0. The van der Waals surface area contributed by atoms with E-state index in [1.807, 2.05) is 0 Å². The molecule has 1 saturated heterocycles. The number of hydrogen-bond donors (Lipinski definition) is 0. The molecule has 0 aromatic carbocycles. The van der Waals surface area contributed by atoms with E-state index in [1.54, 1.807) is 0 Å². The number of fused-ring (bicyclic) bond motifs is 1. The van der Waals surface area contributed by atoms with Crippen LogP contribution in [0.4, 0.5) is 0 Å². The molecule has 1 spiro atoms. The predicted octanol–water partition coefficient (Wildman–Crippen LogP) is 5.16. The zero-order chi connectivity index (χ0) is 15.5. The molecule has 0 radical (unpaired) electrons. The third kappa shape index (κ3) is 2.79. The fraction of sp³-hybridized carbons (Fsp3) is 1.00. The largest absolute Gasteiger partial charge is 0.344 e. The molecule has 0 aromatic heterocycles. The van der Waals surface area contributed by atoms with E-state index < -0.39 is 0 Å². The quantitative estimate of drug-likeness (QED) is 0.614. The minimum Gasteiger partial charge on any atom is -0.344 e. The molecule has 1 heterocycles. The van der Waals surface area contributed by atoms with Gasteiger partial charge >= 0.3 is 0 Å². The Bertz CT molecular complexity index is 351. The normalized spacial score (nSPS) is 39.7. The van der Waals surface area contributed by atoms with Crippen molar-refractivity contribution < 1.29 is 9.47 Å².